The van der Waals surface area contributed by atoms with Crippen LogP contribution in [0.15, 0.2) is 12.4 Å². The van der Waals surface area contributed by atoms with Crippen molar-refractivity contribution in [2.75, 3.05) is 13.2 Å². The molecule has 5 heteroatoms. The normalized spacial score (nSPS) is 12.4. The highest BCUT2D eigenvalue weighted by atomic mass is 16.5. The number of ether oxygens (including phenoxy) is 1. The standard InChI is InChI=1S/C13H23N3O2/c1-4-6-7-18-10-13(17)15-12(5-2)11-8-14-16(3)9-11/h8-9,12H,4-7,10H2,1-3H3,(H,15,17)/t12-/m1/s1. The molecule has 0 aliphatic rings. The highest BCUT2D eigenvalue weighted by molar-refractivity contribution is 5.77. The molecule has 0 spiro atoms. The van der Waals surface area contributed by atoms with Gasteiger partial charge in [0.25, 0.3) is 0 Å². The van der Waals surface area contributed by atoms with Gasteiger partial charge < -0.3 is 10.1 Å². The van der Waals surface area contributed by atoms with Crippen LogP contribution >= 0.6 is 0 Å². The van der Waals surface area contributed by atoms with E-state index in [1.54, 1.807) is 10.9 Å². The summed E-state index contributed by atoms with van der Waals surface area (Å²) in [4.78, 5) is 11.7. The van der Waals surface area contributed by atoms with E-state index < -0.39 is 0 Å². The van der Waals surface area contributed by atoms with Crippen LogP contribution in [0.4, 0.5) is 0 Å². The minimum Gasteiger partial charge on any atom is -0.372 e. The zero-order valence-electron chi connectivity index (χ0n) is 11.5. The molecule has 0 saturated carbocycles. The van der Waals surface area contributed by atoms with Gasteiger partial charge in [0, 0.05) is 25.4 Å². The van der Waals surface area contributed by atoms with Crippen molar-refractivity contribution >= 4 is 5.91 Å². The van der Waals surface area contributed by atoms with Crippen molar-refractivity contribution in [1.29, 1.82) is 0 Å². The van der Waals surface area contributed by atoms with Gasteiger partial charge in [-0.2, -0.15) is 5.10 Å². The molecule has 1 heterocycles. The van der Waals surface area contributed by atoms with Crippen LogP contribution < -0.4 is 5.32 Å². The Morgan fingerprint density at radius 1 is 1.56 bits per heavy atom. The van der Waals surface area contributed by atoms with Crippen molar-refractivity contribution in [2.45, 2.75) is 39.2 Å². The highest BCUT2D eigenvalue weighted by Crippen LogP contribution is 2.14. The molecule has 1 atom stereocenters. The number of aryl methyl sites for hydroxylation is 1. The van der Waals surface area contributed by atoms with Crippen LogP contribution in [0.5, 0.6) is 0 Å². The first-order valence-corrected chi connectivity index (χ1v) is 6.53. The summed E-state index contributed by atoms with van der Waals surface area (Å²) in [5, 5.41) is 7.07. The van der Waals surface area contributed by atoms with Crippen molar-refractivity contribution in [3.05, 3.63) is 18.0 Å². The summed E-state index contributed by atoms with van der Waals surface area (Å²) in [7, 11) is 1.87. The number of rotatable bonds is 8. The molecule has 0 unspecified atom stereocenters. The van der Waals surface area contributed by atoms with Crippen LogP contribution in [-0.2, 0) is 16.6 Å². The van der Waals surface area contributed by atoms with Crippen molar-refractivity contribution < 1.29 is 9.53 Å². The second-order valence-electron chi connectivity index (χ2n) is 4.38. The Morgan fingerprint density at radius 3 is 2.89 bits per heavy atom. The molecule has 1 amide bonds. The quantitative estimate of drug-likeness (QED) is 0.719. The lowest BCUT2D eigenvalue weighted by atomic mass is 10.1. The SMILES string of the molecule is CCCCOCC(=O)N[C@H](CC)c1cnn(C)c1. The maximum absolute atomic E-state index is 11.7. The van der Waals surface area contributed by atoms with Gasteiger partial charge in [0.05, 0.1) is 12.2 Å². The van der Waals surface area contributed by atoms with Crippen LogP contribution in [-0.4, -0.2) is 28.9 Å². The molecule has 0 saturated heterocycles. The van der Waals surface area contributed by atoms with Crippen LogP contribution in [0.25, 0.3) is 0 Å². The zero-order chi connectivity index (χ0) is 13.4. The Bertz CT molecular complexity index is 363. The Kier molecular flexibility index (Phi) is 6.43. The molecular weight excluding hydrogens is 230 g/mol. The van der Waals surface area contributed by atoms with Gasteiger partial charge in [-0.05, 0) is 12.8 Å². The minimum absolute atomic E-state index is 0.0148. The lowest BCUT2D eigenvalue weighted by molar-refractivity contribution is -0.126. The Hall–Kier alpha value is -1.36. The monoisotopic (exact) mass is 253 g/mol. The summed E-state index contributed by atoms with van der Waals surface area (Å²) in [6, 6.07) is 0.0148. The number of hydrogen-bond acceptors (Lipinski definition) is 3. The third-order valence-corrected chi connectivity index (χ3v) is 2.75. The van der Waals surface area contributed by atoms with Gasteiger partial charge in [-0.15, -0.1) is 0 Å². The molecule has 0 aliphatic carbocycles. The molecule has 1 N–H and O–H groups in total. The van der Waals surface area contributed by atoms with Gasteiger partial charge in [-0.25, -0.2) is 0 Å². The summed E-state index contributed by atoms with van der Waals surface area (Å²) < 4.78 is 7.03. The van der Waals surface area contributed by atoms with Crippen molar-refractivity contribution in [3.63, 3.8) is 0 Å². The number of amides is 1. The molecule has 0 aromatic carbocycles. The fourth-order valence-corrected chi connectivity index (χ4v) is 1.69. The summed E-state index contributed by atoms with van der Waals surface area (Å²) in [5.41, 5.74) is 1.03. The Balaban J connectivity index is 2.36. The van der Waals surface area contributed by atoms with Gasteiger partial charge >= 0.3 is 0 Å². The van der Waals surface area contributed by atoms with Gasteiger partial charge in [-0.3, -0.25) is 9.48 Å². The van der Waals surface area contributed by atoms with Crippen LogP contribution in [0.1, 0.15) is 44.7 Å². The predicted octanol–water partition coefficient (Wildman–Crippen LogP) is 1.80. The van der Waals surface area contributed by atoms with E-state index in [0.717, 1.165) is 24.8 Å². The molecule has 1 aromatic rings. The smallest absolute Gasteiger partial charge is 0.246 e. The largest absolute Gasteiger partial charge is 0.372 e. The van der Waals surface area contributed by atoms with Crippen molar-refractivity contribution in [3.8, 4) is 0 Å². The lowest BCUT2D eigenvalue weighted by Gasteiger charge is -2.15. The first-order valence-electron chi connectivity index (χ1n) is 6.53. The van der Waals surface area contributed by atoms with Gasteiger partial charge in [-0.1, -0.05) is 20.3 Å². The van der Waals surface area contributed by atoms with E-state index in [-0.39, 0.29) is 18.6 Å². The van der Waals surface area contributed by atoms with Gasteiger partial charge in [0.15, 0.2) is 0 Å². The van der Waals surface area contributed by atoms with E-state index in [9.17, 15) is 4.79 Å². The second-order valence-corrected chi connectivity index (χ2v) is 4.38. The van der Waals surface area contributed by atoms with Crippen LogP contribution in [0, 0.1) is 0 Å². The maximum Gasteiger partial charge on any atom is 0.246 e. The van der Waals surface area contributed by atoms with Gasteiger partial charge in [0.2, 0.25) is 5.91 Å². The number of nitrogens with one attached hydrogen (secondary N) is 1. The molecule has 0 fully saturated rings. The third kappa shape index (κ3) is 4.87. The molecule has 102 valence electrons. The average Bonchev–Trinajstić information content (AvgIpc) is 2.78. The van der Waals surface area contributed by atoms with Gasteiger partial charge in [0.1, 0.15) is 6.61 Å². The van der Waals surface area contributed by atoms with Crippen LogP contribution in [0.2, 0.25) is 0 Å². The topological polar surface area (TPSA) is 56.1 Å². The highest BCUT2D eigenvalue weighted by Gasteiger charge is 2.13. The number of unbranched alkanes of at least 4 members (excludes halogenated alkanes) is 1. The molecule has 0 aliphatic heterocycles. The summed E-state index contributed by atoms with van der Waals surface area (Å²) in [5.74, 6) is -0.0678. The van der Waals surface area contributed by atoms with E-state index in [4.69, 9.17) is 4.74 Å². The number of nitrogens with zero attached hydrogens (tertiary/aromatic N) is 2. The third-order valence-electron chi connectivity index (χ3n) is 2.75. The fourth-order valence-electron chi connectivity index (χ4n) is 1.69. The van der Waals surface area contributed by atoms with Crippen molar-refractivity contribution in [1.82, 2.24) is 15.1 Å². The summed E-state index contributed by atoms with van der Waals surface area (Å²) >= 11 is 0. The molecule has 1 rings (SSSR count). The first kappa shape index (κ1) is 14.7. The fraction of sp³-hybridized carbons (Fsp3) is 0.692. The van der Waals surface area contributed by atoms with Crippen molar-refractivity contribution in [2.24, 2.45) is 7.05 Å². The first-order chi connectivity index (χ1) is 8.67. The molecule has 1 aromatic heterocycles. The van der Waals surface area contributed by atoms with Crippen LogP contribution in [0.3, 0.4) is 0 Å². The summed E-state index contributed by atoms with van der Waals surface area (Å²) in [6.07, 6.45) is 6.62. The molecule has 18 heavy (non-hydrogen) atoms. The number of aromatic nitrogens is 2. The van der Waals surface area contributed by atoms with E-state index in [1.165, 1.54) is 0 Å². The van der Waals surface area contributed by atoms with E-state index >= 15 is 0 Å². The molecule has 0 bridgehead atoms. The molecule has 0 radical (unpaired) electrons. The zero-order valence-corrected chi connectivity index (χ0v) is 11.5. The number of hydrogen-bond donors (Lipinski definition) is 1. The molecular formula is C13H23N3O2. The Morgan fingerprint density at radius 2 is 2.33 bits per heavy atom. The predicted molar refractivity (Wildman–Crippen MR) is 70.1 cm³/mol. The van der Waals surface area contributed by atoms with E-state index in [1.807, 2.05) is 20.2 Å². The minimum atomic E-state index is -0.0678. The number of carbonyl (C=O) groups is 1. The lowest BCUT2D eigenvalue weighted by Crippen LogP contribution is -2.31. The Labute approximate surface area is 109 Å². The second kappa shape index (κ2) is 7.87. The molecule has 5 nitrogen and oxygen atoms in total. The average molecular weight is 253 g/mol. The number of carbonyl (C=O) groups excluding carboxylic acids is 1. The van der Waals surface area contributed by atoms with E-state index in [0.29, 0.717) is 6.61 Å². The summed E-state index contributed by atoms with van der Waals surface area (Å²) in [6.45, 7) is 4.92. The maximum atomic E-state index is 11.7. The van der Waals surface area contributed by atoms with E-state index in [2.05, 4.69) is 17.3 Å².